The minimum atomic E-state index is -0.731. The number of nitrogens with zero attached hydrogens (tertiary/aromatic N) is 2. The van der Waals surface area contributed by atoms with Crippen LogP contribution in [0.5, 0.6) is 5.75 Å². The van der Waals surface area contributed by atoms with Crippen LogP contribution in [-0.4, -0.2) is 26.7 Å². The molecule has 0 aliphatic carbocycles. The van der Waals surface area contributed by atoms with E-state index in [1.807, 2.05) is 67.6 Å². The van der Waals surface area contributed by atoms with Crippen LogP contribution in [0.2, 0.25) is 0 Å². The SMILES string of the molecule is CCc1ccc([C@@H]2/C(=C(\O)c3ccc(OCc4ccccc4)c(C)c3)C(=O)C(=O)N2Cc2cccnc2)cc1. The predicted octanol–water partition coefficient (Wildman–Crippen LogP) is 6.15. The Labute approximate surface area is 228 Å². The third-order valence-corrected chi connectivity index (χ3v) is 7.00. The molecule has 1 fully saturated rings. The third kappa shape index (κ3) is 5.46. The zero-order valence-electron chi connectivity index (χ0n) is 22.0. The first-order chi connectivity index (χ1) is 19.0. The second kappa shape index (κ2) is 11.4. The van der Waals surface area contributed by atoms with Crippen molar-refractivity contribution in [3.05, 3.63) is 136 Å². The molecule has 3 aromatic carbocycles. The van der Waals surface area contributed by atoms with Gasteiger partial charge in [-0.1, -0.05) is 67.6 Å². The van der Waals surface area contributed by atoms with Crippen LogP contribution >= 0.6 is 0 Å². The Hall–Kier alpha value is -4.71. The molecule has 6 nitrogen and oxygen atoms in total. The van der Waals surface area contributed by atoms with Crippen molar-refractivity contribution >= 4 is 17.4 Å². The summed E-state index contributed by atoms with van der Waals surface area (Å²) in [6.45, 7) is 4.57. The number of likely N-dealkylation sites (tertiary alicyclic amines) is 1. The first-order valence-corrected chi connectivity index (χ1v) is 13.0. The van der Waals surface area contributed by atoms with Gasteiger partial charge in [0.15, 0.2) is 0 Å². The Balaban J connectivity index is 1.52. The van der Waals surface area contributed by atoms with Gasteiger partial charge in [-0.15, -0.1) is 0 Å². The van der Waals surface area contributed by atoms with E-state index in [1.165, 1.54) is 4.90 Å². The summed E-state index contributed by atoms with van der Waals surface area (Å²) in [5.41, 5.74) is 5.08. The van der Waals surface area contributed by atoms with E-state index >= 15 is 0 Å². The van der Waals surface area contributed by atoms with E-state index in [1.54, 1.807) is 36.7 Å². The Bertz CT molecular complexity index is 1510. The van der Waals surface area contributed by atoms with Gasteiger partial charge in [0.1, 0.15) is 18.1 Å². The zero-order valence-corrected chi connectivity index (χ0v) is 22.0. The molecule has 1 saturated heterocycles. The quantitative estimate of drug-likeness (QED) is 0.172. The van der Waals surface area contributed by atoms with E-state index in [2.05, 4.69) is 11.9 Å². The second-order valence-electron chi connectivity index (χ2n) is 9.64. The fraction of sp³-hybridized carbons (Fsp3) is 0.182. The number of hydrogen-bond acceptors (Lipinski definition) is 5. The summed E-state index contributed by atoms with van der Waals surface area (Å²) in [6.07, 6.45) is 4.20. The Morgan fingerprint density at radius 3 is 2.33 bits per heavy atom. The van der Waals surface area contributed by atoms with E-state index in [4.69, 9.17) is 4.74 Å². The normalized spacial score (nSPS) is 16.5. The van der Waals surface area contributed by atoms with Gasteiger partial charge in [-0.05, 0) is 65.4 Å². The van der Waals surface area contributed by atoms with E-state index in [9.17, 15) is 14.7 Å². The number of aliphatic hydroxyl groups excluding tert-OH is 1. The Morgan fingerprint density at radius 2 is 1.67 bits per heavy atom. The number of benzene rings is 3. The topological polar surface area (TPSA) is 79.7 Å². The van der Waals surface area contributed by atoms with Gasteiger partial charge in [-0.25, -0.2) is 0 Å². The third-order valence-electron chi connectivity index (χ3n) is 7.00. The minimum Gasteiger partial charge on any atom is -0.507 e. The molecule has 6 heteroatoms. The average molecular weight is 519 g/mol. The molecule has 0 saturated carbocycles. The van der Waals surface area contributed by atoms with Gasteiger partial charge < -0.3 is 14.7 Å². The van der Waals surface area contributed by atoms with E-state index in [-0.39, 0.29) is 17.9 Å². The van der Waals surface area contributed by atoms with Gasteiger partial charge in [0.25, 0.3) is 11.7 Å². The molecule has 4 aromatic rings. The molecule has 0 radical (unpaired) electrons. The average Bonchev–Trinajstić information content (AvgIpc) is 3.22. The van der Waals surface area contributed by atoms with Crippen LogP contribution in [-0.2, 0) is 29.2 Å². The van der Waals surface area contributed by atoms with Crippen LogP contribution in [0, 0.1) is 6.92 Å². The van der Waals surface area contributed by atoms with Crippen LogP contribution in [0.1, 0.15) is 46.3 Å². The summed E-state index contributed by atoms with van der Waals surface area (Å²) < 4.78 is 5.98. The number of aromatic nitrogens is 1. The molecular weight excluding hydrogens is 488 g/mol. The number of carbonyl (C=O) groups excluding carboxylic acids is 2. The second-order valence-corrected chi connectivity index (χ2v) is 9.64. The summed E-state index contributed by atoms with van der Waals surface area (Å²) >= 11 is 0. The lowest BCUT2D eigenvalue weighted by molar-refractivity contribution is -0.140. The fourth-order valence-electron chi connectivity index (χ4n) is 4.86. The van der Waals surface area contributed by atoms with Crippen molar-refractivity contribution in [2.45, 2.75) is 39.5 Å². The van der Waals surface area contributed by atoms with Gasteiger partial charge in [0.05, 0.1) is 11.6 Å². The molecule has 0 unspecified atom stereocenters. The summed E-state index contributed by atoms with van der Waals surface area (Å²) in [4.78, 5) is 32.3. The highest BCUT2D eigenvalue weighted by molar-refractivity contribution is 6.46. The molecular formula is C33H30N2O4. The number of hydrogen-bond donors (Lipinski definition) is 1. The number of pyridine rings is 1. The van der Waals surface area contributed by atoms with Crippen molar-refractivity contribution < 1.29 is 19.4 Å². The van der Waals surface area contributed by atoms with Crippen molar-refractivity contribution in [3.63, 3.8) is 0 Å². The molecule has 1 N–H and O–H groups in total. The number of aryl methyl sites for hydroxylation is 2. The highest BCUT2D eigenvalue weighted by Crippen LogP contribution is 2.40. The lowest BCUT2D eigenvalue weighted by Crippen LogP contribution is -2.29. The number of carbonyl (C=O) groups is 2. The smallest absolute Gasteiger partial charge is 0.295 e. The maximum atomic E-state index is 13.4. The maximum absolute atomic E-state index is 13.4. The standard InChI is InChI=1S/C33H30N2O4/c1-3-23-11-13-26(14-12-23)30-29(32(37)33(38)35(30)20-25-10-7-17-34-19-25)31(36)27-15-16-28(22(2)18-27)39-21-24-8-5-4-6-9-24/h4-19,30,36H,3,20-21H2,1-2H3/b31-29+/t30-/m1/s1. The molecule has 1 amide bonds. The van der Waals surface area contributed by atoms with Gasteiger partial charge in [0.2, 0.25) is 0 Å². The first-order valence-electron chi connectivity index (χ1n) is 13.0. The summed E-state index contributed by atoms with van der Waals surface area (Å²) in [5.74, 6) is -0.879. The Kier molecular flexibility index (Phi) is 7.55. The molecule has 39 heavy (non-hydrogen) atoms. The van der Waals surface area contributed by atoms with Crippen LogP contribution in [0.3, 0.4) is 0 Å². The van der Waals surface area contributed by atoms with Gasteiger partial charge in [-0.3, -0.25) is 14.6 Å². The van der Waals surface area contributed by atoms with E-state index in [0.29, 0.717) is 17.9 Å². The van der Waals surface area contributed by atoms with Crippen LogP contribution in [0.4, 0.5) is 0 Å². The van der Waals surface area contributed by atoms with Gasteiger partial charge in [0, 0.05) is 24.5 Å². The fourth-order valence-corrected chi connectivity index (χ4v) is 4.86. The lowest BCUT2D eigenvalue weighted by atomic mass is 9.94. The maximum Gasteiger partial charge on any atom is 0.295 e. The molecule has 0 spiro atoms. The first kappa shape index (κ1) is 25.9. The van der Waals surface area contributed by atoms with Gasteiger partial charge in [-0.2, -0.15) is 0 Å². The van der Waals surface area contributed by atoms with Crippen LogP contribution < -0.4 is 4.74 Å². The Morgan fingerprint density at radius 1 is 0.923 bits per heavy atom. The number of ether oxygens (including phenoxy) is 1. The van der Waals surface area contributed by atoms with E-state index < -0.39 is 17.7 Å². The van der Waals surface area contributed by atoms with Crippen molar-refractivity contribution in [1.82, 2.24) is 9.88 Å². The lowest BCUT2D eigenvalue weighted by Gasteiger charge is -2.25. The summed E-state index contributed by atoms with van der Waals surface area (Å²) in [5, 5.41) is 11.5. The molecule has 1 aliphatic rings. The van der Waals surface area contributed by atoms with E-state index in [0.717, 1.165) is 34.2 Å². The number of Topliss-reactive ketones (excluding diaryl/α,β-unsaturated/α-hetero) is 1. The minimum absolute atomic E-state index is 0.0745. The molecule has 5 rings (SSSR count). The van der Waals surface area contributed by atoms with Crippen molar-refractivity contribution in [1.29, 1.82) is 0 Å². The molecule has 2 heterocycles. The van der Waals surface area contributed by atoms with Crippen LogP contribution in [0.15, 0.2) is 103 Å². The van der Waals surface area contributed by atoms with Crippen molar-refractivity contribution in [2.24, 2.45) is 0 Å². The number of rotatable bonds is 8. The summed E-state index contributed by atoms with van der Waals surface area (Å²) in [7, 11) is 0. The number of ketones is 1. The molecule has 1 aliphatic heterocycles. The number of amides is 1. The molecule has 1 aromatic heterocycles. The monoisotopic (exact) mass is 518 g/mol. The molecule has 196 valence electrons. The van der Waals surface area contributed by atoms with Crippen molar-refractivity contribution in [2.75, 3.05) is 0 Å². The molecule has 1 atom stereocenters. The predicted molar refractivity (Wildman–Crippen MR) is 150 cm³/mol. The summed E-state index contributed by atoms with van der Waals surface area (Å²) in [6, 6.07) is 25.9. The number of aliphatic hydroxyl groups is 1. The van der Waals surface area contributed by atoms with Gasteiger partial charge >= 0.3 is 0 Å². The highest BCUT2D eigenvalue weighted by atomic mass is 16.5. The zero-order chi connectivity index (χ0) is 27.4. The highest BCUT2D eigenvalue weighted by Gasteiger charge is 2.46. The molecule has 0 bridgehead atoms. The largest absolute Gasteiger partial charge is 0.507 e. The van der Waals surface area contributed by atoms with Crippen molar-refractivity contribution in [3.8, 4) is 5.75 Å². The van der Waals surface area contributed by atoms with Crippen LogP contribution in [0.25, 0.3) is 5.76 Å².